The number of carbonyl (C=O) groups is 2. The predicted molar refractivity (Wildman–Crippen MR) is 69.0 cm³/mol. The third-order valence-corrected chi connectivity index (χ3v) is 2.92. The SMILES string of the molecule is O=C(CN1CCOCC1)OCC(=O)c1ccccc1. The van der Waals surface area contributed by atoms with Gasteiger partial charge in [0.1, 0.15) is 0 Å². The van der Waals surface area contributed by atoms with Crippen LogP contribution in [0.1, 0.15) is 10.4 Å². The van der Waals surface area contributed by atoms with Crippen molar-refractivity contribution in [2.24, 2.45) is 0 Å². The maximum Gasteiger partial charge on any atom is 0.320 e. The molecule has 5 nitrogen and oxygen atoms in total. The predicted octanol–water partition coefficient (Wildman–Crippen LogP) is 0.745. The summed E-state index contributed by atoms with van der Waals surface area (Å²) in [5.41, 5.74) is 0.557. The highest BCUT2D eigenvalue weighted by Gasteiger charge is 2.16. The van der Waals surface area contributed by atoms with E-state index >= 15 is 0 Å². The number of morpholine rings is 1. The largest absolute Gasteiger partial charge is 0.456 e. The summed E-state index contributed by atoms with van der Waals surface area (Å²) < 4.78 is 10.2. The van der Waals surface area contributed by atoms with Gasteiger partial charge in [0.05, 0.1) is 19.8 Å². The van der Waals surface area contributed by atoms with Gasteiger partial charge in [-0.2, -0.15) is 0 Å². The lowest BCUT2D eigenvalue weighted by molar-refractivity contribution is -0.144. The van der Waals surface area contributed by atoms with Crippen molar-refractivity contribution < 1.29 is 19.1 Å². The second-order valence-electron chi connectivity index (χ2n) is 4.34. The molecule has 1 fully saturated rings. The highest BCUT2D eigenvalue weighted by Crippen LogP contribution is 2.01. The number of nitrogens with zero attached hydrogens (tertiary/aromatic N) is 1. The zero-order chi connectivity index (χ0) is 13.5. The first-order valence-corrected chi connectivity index (χ1v) is 6.29. The Bertz CT molecular complexity index is 426. The number of hydrogen-bond donors (Lipinski definition) is 0. The maximum atomic E-state index is 11.7. The van der Waals surface area contributed by atoms with Gasteiger partial charge in [-0.15, -0.1) is 0 Å². The molecule has 0 spiro atoms. The molecule has 0 N–H and O–H groups in total. The van der Waals surface area contributed by atoms with E-state index in [1.807, 2.05) is 11.0 Å². The van der Waals surface area contributed by atoms with E-state index in [2.05, 4.69) is 0 Å². The molecule has 19 heavy (non-hydrogen) atoms. The molecular formula is C14H17NO4. The van der Waals surface area contributed by atoms with Crippen molar-refractivity contribution in [3.8, 4) is 0 Å². The topological polar surface area (TPSA) is 55.8 Å². The van der Waals surface area contributed by atoms with E-state index in [4.69, 9.17) is 9.47 Å². The Morgan fingerprint density at radius 3 is 2.53 bits per heavy atom. The third-order valence-electron chi connectivity index (χ3n) is 2.92. The van der Waals surface area contributed by atoms with Crippen LogP contribution in [0.3, 0.4) is 0 Å². The van der Waals surface area contributed by atoms with E-state index in [0.717, 1.165) is 13.1 Å². The van der Waals surface area contributed by atoms with Gasteiger partial charge >= 0.3 is 5.97 Å². The van der Waals surface area contributed by atoms with Gasteiger partial charge in [0, 0.05) is 18.7 Å². The lowest BCUT2D eigenvalue weighted by atomic mass is 10.1. The molecule has 1 aromatic carbocycles. The van der Waals surface area contributed by atoms with E-state index in [9.17, 15) is 9.59 Å². The quantitative estimate of drug-likeness (QED) is 0.579. The average molecular weight is 263 g/mol. The molecular weight excluding hydrogens is 246 g/mol. The van der Waals surface area contributed by atoms with E-state index in [1.165, 1.54) is 0 Å². The Morgan fingerprint density at radius 1 is 1.16 bits per heavy atom. The lowest BCUT2D eigenvalue weighted by Crippen LogP contribution is -2.40. The number of Topliss-reactive ketones (excluding diaryl/α,β-unsaturated/α-hetero) is 1. The Hall–Kier alpha value is -1.72. The van der Waals surface area contributed by atoms with E-state index in [0.29, 0.717) is 18.8 Å². The highest BCUT2D eigenvalue weighted by molar-refractivity contribution is 5.97. The molecule has 0 amide bonds. The van der Waals surface area contributed by atoms with E-state index in [1.54, 1.807) is 24.3 Å². The van der Waals surface area contributed by atoms with Crippen LogP contribution in [-0.4, -0.2) is 56.1 Å². The smallest absolute Gasteiger partial charge is 0.320 e. The monoisotopic (exact) mass is 263 g/mol. The van der Waals surface area contributed by atoms with Crippen LogP contribution in [0.5, 0.6) is 0 Å². The summed E-state index contributed by atoms with van der Waals surface area (Å²) in [6.07, 6.45) is 0. The first kappa shape index (κ1) is 13.7. The van der Waals surface area contributed by atoms with Gasteiger partial charge < -0.3 is 9.47 Å². The second-order valence-corrected chi connectivity index (χ2v) is 4.34. The second kappa shape index (κ2) is 7.01. The molecule has 1 aromatic rings. The van der Waals surface area contributed by atoms with Crippen LogP contribution in [0.2, 0.25) is 0 Å². The van der Waals surface area contributed by atoms with Crippen molar-refractivity contribution in [1.29, 1.82) is 0 Å². The van der Waals surface area contributed by atoms with Gasteiger partial charge in [0.15, 0.2) is 12.4 Å². The molecule has 2 rings (SSSR count). The molecule has 0 unspecified atom stereocenters. The Labute approximate surface area is 112 Å². The average Bonchev–Trinajstić information content (AvgIpc) is 2.47. The van der Waals surface area contributed by atoms with Crippen LogP contribution in [0, 0.1) is 0 Å². The molecule has 0 bridgehead atoms. The molecule has 1 aliphatic rings. The minimum absolute atomic E-state index is 0.184. The fraction of sp³-hybridized carbons (Fsp3) is 0.429. The number of carbonyl (C=O) groups excluding carboxylic acids is 2. The zero-order valence-electron chi connectivity index (χ0n) is 10.7. The molecule has 0 aliphatic carbocycles. The summed E-state index contributed by atoms with van der Waals surface area (Å²) in [5.74, 6) is -0.554. The normalized spacial score (nSPS) is 16.0. The van der Waals surface area contributed by atoms with Crippen molar-refractivity contribution in [3.63, 3.8) is 0 Å². The highest BCUT2D eigenvalue weighted by atomic mass is 16.5. The van der Waals surface area contributed by atoms with Crippen LogP contribution >= 0.6 is 0 Å². The molecule has 1 aliphatic heterocycles. The van der Waals surface area contributed by atoms with E-state index in [-0.39, 0.29) is 24.9 Å². The third kappa shape index (κ3) is 4.46. The van der Waals surface area contributed by atoms with Crippen molar-refractivity contribution in [2.45, 2.75) is 0 Å². The maximum absolute atomic E-state index is 11.7. The van der Waals surface area contributed by atoms with Crippen LogP contribution in [0.15, 0.2) is 30.3 Å². The number of ether oxygens (including phenoxy) is 2. The van der Waals surface area contributed by atoms with Crippen molar-refractivity contribution in [2.75, 3.05) is 39.5 Å². The fourth-order valence-corrected chi connectivity index (χ4v) is 1.84. The molecule has 102 valence electrons. The summed E-state index contributed by atoms with van der Waals surface area (Å²) in [6.45, 7) is 2.73. The van der Waals surface area contributed by atoms with Crippen LogP contribution in [0.25, 0.3) is 0 Å². The molecule has 0 radical (unpaired) electrons. The van der Waals surface area contributed by atoms with Gasteiger partial charge in [-0.25, -0.2) is 0 Å². The Morgan fingerprint density at radius 2 is 1.84 bits per heavy atom. The van der Waals surface area contributed by atoms with Crippen LogP contribution < -0.4 is 0 Å². The fourth-order valence-electron chi connectivity index (χ4n) is 1.84. The minimum atomic E-state index is -0.369. The van der Waals surface area contributed by atoms with Gasteiger partial charge in [0.2, 0.25) is 0 Å². The Balaban J connectivity index is 1.72. The number of hydrogen-bond acceptors (Lipinski definition) is 5. The number of ketones is 1. The van der Waals surface area contributed by atoms with Gasteiger partial charge in [-0.3, -0.25) is 14.5 Å². The summed E-state index contributed by atoms with van der Waals surface area (Å²) in [5, 5.41) is 0. The standard InChI is InChI=1S/C14H17NO4/c16-13(12-4-2-1-3-5-12)11-19-14(17)10-15-6-8-18-9-7-15/h1-5H,6-11H2. The molecule has 5 heteroatoms. The summed E-state index contributed by atoms with van der Waals surface area (Å²) in [4.78, 5) is 25.3. The number of benzene rings is 1. The number of esters is 1. The lowest BCUT2D eigenvalue weighted by Gasteiger charge is -2.25. The first-order chi connectivity index (χ1) is 9.25. The summed E-state index contributed by atoms with van der Waals surface area (Å²) in [7, 11) is 0. The van der Waals surface area contributed by atoms with Gasteiger partial charge in [-0.05, 0) is 0 Å². The van der Waals surface area contributed by atoms with Crippen LogP contribution in [0.4, 0.5) is 0 Å². The Kier molecular flexibility index (Phi) is 5.06. The molecule has 0 saturated carbocycles. The van der Waals surface area contributed by atoms with Crippen molar-refractivity contribution in [1.82, 2.24) is 4.90 Å². The molecule has 0 atom stereocenters. The van der Waals surface area contributed by atoms with E-state index < -0.39 is 0 Å². The molecule has 0 aromatic heterocycles. The van der Waals surface area contributed by atoms with Gasteiger partial charge in [0.25, 0.3) is 0 Å². The summed E-state index contributed by atoms with van der Waals surface area (Å²) >= 11 is 0. The summed E-state index contributed by atoms with van der Waals surface area (Å²) in [6, 6.07) is 8.81. The van der Waals surface area contributed by atoms with Crippen LogP contribution in [-0.2, 0) is 14.3 Å². The number of rotatable bonds is 5. The van der Waals surface area contributed by atoms with Gasteiger partial charge in [-0.1, -0.05) is 30.3 Å². The molecule has 1 saturated heterocycles. The van der Waals surface area contributed by atoms with Crippen molar-refractivity contribution in [3.05, 3.63) is 35.9 Å². The molecule has 1 heterocycles. The minimum Gasteiger partial charge on any atom is -0.456 e. The zero-order valence-corrected chi connectivity index (χ0v) is 10.7. The first-order valence-electron chi connectivity index (χ1n) is 6.29. The van der Waals surface area contributed by atoms with Crippen molar-refractivity contribution >= 4 is 11.8 Å².